The maximum atomic E-state index is 5.78. The van der Waals surface area contributed by atoms with Gasteiger partial charge in [0, 0.05) is 39.5 Å². The summed E-state index contributed by atoms with van der Waals surface area (Å²) in [6.45, 7) is 5.76. The monoisotopic (exact) mass is 371 g/mol. The highest BCUT2D eigenvalue weighted by atomic mass is 16.5. The van der Waals surface area contributed by atoms with E-state index in [-0.39, 0.29) is 6.10 Å². The highest BCUT2D eigenvalue weighted by Crippen LogP contribution is 2.14. The fourth-order valence-corrected chi connectivity index (χ4v) is 3.01. The average molecular weight is 371 g/mol. The van der Waals surface area contributed by atoms with Gasteiger partial charge in [-0.05, 0) is 37.5 Å². The molecule has 1 aromatic heterocycles. The van der Waals surface area contributed by atoms with Gasteiger partial charge in [-0.25, -0.2) is 4.68 Å². The Labute approximate surface area is 160 Å². The maximum absolute atomic E-state index is 5.78. The number of hydrogen-bond acceptors (Lipinski definition) is 4. The van der Waals surface area contributed by atoms with Crippen LogP contribution in [0.25, 0.3) is 5.69 Å². The number of benzene rings is 1. The number of aromatic nitrogens is 2. The van der Waals surface area contributed by atoms with Crippen LogP contribution in [0, 0.1) is 6.92 Å². The van der Waals surface area contributed by atoms with Gasteiger partial charge in [-0.3, -0.25) is 4.99 Å². The summed E-state index contributed by atoms with van der Waals surface area (Å²) in [5.41, 5.74) is 3.23. The molecule has 1 aliphatic rings. The number of nitrogens with zero attached hydrogens (tertiary/aromatic N) is 3. The van der Waals surface area contributed by atoms with Gasteiger partial charge in [-0.2, -0.15) is 5.10 Å². The Morgan fingerprint density at radius 1 is 1.33 bits per heavy atom. The Morgan fingerprint density at radius 3 is 2.96 bits per heavy atom. The smallest absolute Gasteiger partial charge is 0.191 e. The highest BCUT2D eigenvalue weighted by Gasteiger charge is 2.15. The Bertz CT molecular complexity index is 737. The van der Waals surface area contributed by atoms with Crippen LogP contribution in [-0.4, -0.2) is 55.3 Å². The van der Waals surface area contributed by atoms with Gasteiger partial charge in [-0.15, -0.1) is 0 Å². The first-order valence-corrected chi connectivity index (χ1v) is 9.50. The van der Waals surface area contributed by atoms with Gasteiger partial charge >= 0.3 is 0 Å². The lowest BCUT2D eigenvalue weighted by Gasteiger charge is -2.15. The summed E-state index contributed by atoms with van der Waals surface area (Å²) in [5, 5.41) is 11.2. The molecule has 1 fully saturated rings. The van der Waals surface area contributed by atoms with Crippen molar-refractivity contribution in [1.82, 2.24) is 20.4 Å². The van der Waals surface area contributed by atoms with Crippen molar-refractivity contribution in [3.63, 3.8) is 0 Å². The third-order valence-electron chi connectivity index (χ3n) is 4.49. The lowest BCUT2D eigenvalue weighted by atomic mass is 10.2. The van der Waals surface area contributed by atoms with Crippen LogP contribution in [0.5, 0.6) is 0 Å². The third kappa shape index (κ3) is 5.80. The molecule has 0 saturated carbocycles. The zero-order valence-corrected chi connectivity index (χ0v) is 16.1. The van der Waals surface area contributed by atoms with Crippen LogP contribution >= 0.6 is 0 Å². The van der Waals surface area contributed by atoms with Gasteiger partial charge in [0.25, 0.3) is 0 Å². The minimum absolute atomic E-state index is 0.268. The summed E-state index contributed by atoms with van der Waals surface area (Å²) in [6, 6.07) is 10.2. The van der Waals surface area contributed by atoms with Crippen LogP contribution in [0.15, 0.2) is 41.5 Å². The van der Waals surface area contributed by atoms with E-state index in [0.29, 0.717) is 6.54 Å². The number of hydrogen-bond donors (Lipinski definition) is 2. The van der Waals surface area contributed by atoms with Crippen molar-refractivity contribution < 1.29 is 9.47 Å². The fraction of sp³-hybridized carbons (Fsp3) is 0.500. The first-order chi connectivity index (χ1) is 13.3. The molecule has 1 saturated heterocycles. The molecule has 2 N–H and O–H groups in total. The van der Waals surface area contributed by atoms with Gasteiger partial charge in [0.1, 0.15) is 0 Å². The molecule has 0 bridgehead atoms. The van der Waals surface area contributed by atoms with Crippen molar-refractivity contribution in [3.8, 4) is 5.69 Å². The second-order valence-electron chi connectivity index (χ2n) is 6.59. The summed E-state index contributed by atoms with van der Waals surface area (Å²) >= 11 is 0. The minimum atomic E-state index is 0.268. The van der Waals surface area contributed by atoms with Crippen molar-refractivity contribution in [2.75, 3.05) is 33.4 Å². The molecule has 1 aromatic carbocycles. The van der Waals surface area contributed by atoms with Crippen LogP contribution < -0.4 is 10.6 Å². The predicted octanol–water partition coefficient (Wildman–Crippen LogP) is 2.04. The normalized spacial score (nSPS) is 17.3. The molecule has 0 amide bonds. The summed E-state index contributed by atoms with van der Waals surface area (Å²) in [5.74, 6) is 0.783. The van der Waals surface area contributed by atoms with Crippen LogP contribution in [0.4, 0.5) is 0 Å². The first kappa shape index (κ1) is 19.4. The van der Waals surface area contributed by atoms with Crippen LogP contribution in [-0.2, 0) is 16.0 Å². The van der Waals surface area contributed by atoms with E-state index in [4.69, 9.17) is 9.47 Å². The number of aryl methyl sites for hydroxylation is 1. The molecular formula is C20H29N5O2. The molecule has 1 atom stereocenters. The second-order valence-corrected chi connectivity index (χ2v) is 6.59. The topological polar surface area (TPSA) is 72.7 Å². The Hall–Kier alpha value is -2.38. The summed E-state index contributed by atoms with van der Waals surface area (Å²) in [7, 11) is 1.78. The number of ether oxygens (including phenoxy) is 2. The van der Waals surface area contributed by atoms with E-state index in [1.54, 1.807) is 7.05 Å². The molecule has 146 valence electrons. The molecule has 0 radical (unpaired) electrons. The van der Waals surface area contributed by atoms with Crippen molar-refractivity contribution in [3.05, 3.63) is 47.8 Å². The van der Waals surface area contributed by atoms with Crippen LogP contribution in [0.3, 0.4) is 0 Å². The molecule has 0 aliphatic carbocycles. The molecule has 1 unspecified atom stereocenters. The standard InChI is InChI=1S/C20H29N5O2/c1-16-8-11-25(24-16)19-7-4-3-6-17(19)14-23-20(21-2)22-10-5-12-27-18-9-13-26-15-18/h3-4,6-8,11,18H,5,9-10,12-15H2,1-2H3,(H2,21,22,23). The summed E-state index contributed by atoms with van der Waals surface area (Å²) in [4.78, 5) is 4.30. The van der Waals surface area contributed by atoms with Gasteiger partial charge in [0.05, 0.1) is 24.1 Å². The Kier molecular flexibility index (Phi) is 7.24. The molecule has 2 heterocycles. The van der Waals surface area contributed by atoms with Crippen LogP contribution in [0.1, 0.15) is 24.1 Å². The molecule has 2 aromatic rings. The summed E-state index contributed by atoms with van der Waals surface area (Å²) in [6.07, 6.45) is 4.19. The number of rotatable bonds is 8. The van der Waals surface area contributed by atoms with Gasteiger partial charge in [0.15, 0.2) is 5.96 Å². The molecule has 7 nitrogen and oxygen atoms in total. The molecule has 27 heavy (non-hydrogen) atoms. The van der Waals surface area contributed by atoms with E-state index in [0.717, 1.165) is 62.1 Å². The fourth-order valence-electron chi connectivity index (χ4n) is 3.01. The summed E-state index contributed by atoms with van der Waals surface area (Å²) < 4.78 is 13.0. The van der Waals surface area contributed by atoms with Crippen molar-refractivity contribution >= 4 is 5.96 Å². The second kappa shape index (κ2) is 10.1. The predicted molar refractivity (Wildman–Crippen MR) is 106 cm³/mol. The molecule has 0 spiro atoms. The molecule has 3 rings (SSSR count). The van der Waals surface area contributed by atoms with Gasteiger partial charge < -0.3 is 20.1 Å². The van der Waals surface area contributed by atoms with E-state index < -0.39 is 0 Å². The number of guanidine groups is 1. The van der Waals surface area contributed by atoms with E-state index in [1.807, 2.05) is 36.0 Å². The van der Waals surface area contributed by atoms with Crippen molar-refractivity contribution in [1.29, 1.82) is 0 Å². The van der Waals surface area contributed by atoms with Gasteiger partial charge in [0.2, 0.25) is 0 Å². The lowest BCUT2D eigenvalue weighted by Crippen LogP contribution is -2.37. The number of para-hydroxylation sites is 1. The molecule has 7 heteroatoms. The zero-order valence-electron chi connectivity index (χ0n) is 16.1. The van der Waals surface area contributed by atoms with Crippen molar-refractivity contribution in [2.24, 2.45) is 4.99 Å². The largest absolute Gasteiger partial charge is 0.379 e. The number of aliphatic imine (C=N–C) groups is 1. The van der Waals surface area contributed by atoms with Crippen LogP contribution in [0.2, 0.25) is 0 Å². The highest BCUT2D eigenvalue weighted by molar-refractivity contribution is 5.79. The average Bonchev–Trinajstić information content (AvgIpc) is 3.36. The van der Waals surface area contributed by atoms with E-state index in [2.05, 4.69) is 32.9 Å². The maximum Gasteiger partial charge on any atom is 0.191 e. The van der Waals surface area contributed by atoms with Gasteiger partial charge in [-0.1, -0.05) is 18.2 Å². The quantitative estimate of drug-likeness (QED) is 0.422. The molecular weight excluding hydrogens is 342 g/mol. The molecule has 1 aliphatic heterocycles. The minimum Gasteiger partial charge on any atom is -0.379 e. The zero-order chi connectivity index (χ0) is 18.9. The number of nitrogens with one attached hydrogen (secondary N) is 2. The van der Waals surface area contributed by atoms with Crippen molar-refractivity contribution in [2.45, 2.75) is 32.4 Å². The van der Waals surface area contributed by atoms with E-state index in [9.17, 15) is 0 Å². The third-order valence-corrected chi connectivity index (χ3v) is 4.49. The first-order valence-electron chi connectivity index (χ1n) is 9.50. The lowest BCUT2D eigenvalue weighted by molar-refractivity contribution is 0.0420. The van der Waals surface area contributed by atoms with E-state index in [1.165, 1.54) is 0 Å². The SMILES string of the molecule is CN=C(NCCCOC1CCOC1)NCc1ccccc1-n1ccc(C)n1. The van der Waals surface area contributed by atoms with E-state index >= 15 is 0 Å². The Balaban J connectivity index is 1.44. The Morgan fingerprint density at radius 2 is 2.22 bits per heavy atom.